The van der Waals surface area contributed by atoms with Crippen LogP contribution in [0.15, 0.2) is 18.2 Å². The highest BCUT2D eigenvalue weighted by Crippen LogP contribution is 2.21. The minimum atomic E-state index is -0.628. The molecule has 0 aliphatic carbocycles. The number of benzene rings is 1. The summed E-state index contributed by atoms with van der Waals surface area (Å²) < 4.78 is 5.00. The molecule has 1 aliphatic rings. The van der Waals surface area contributed by atoms with Crippen LogP contribution in [0.2, 0.25) is 10.0 Å². The average Bonchev–Trinajstić information content (AvgIpc) is 2.41. The summed E-state index contributed by atoms with van der Waals surface area (Å²) in [7, 11) is 0. The van der Waals surface area contributed by atoms with E-state index in [1.807, 2.05) is 6.07 Å². The Kier molecular flexibility index (Phi) is 5.23. The number of morpholine rings is 1. The highest BCUT2D eigenvalue weighted by molar-refractivity contribution is 6.35. The molecule has 1 aromatic carbocycles. The minimum Gasteiger partial charge on any atom is -0.369 e. The van der Waals surface area contributed by atoms with Gasteiger partial charge < -0.3 is 15.4 Å². The van der Waals surface area contributed by atoms with E-state index < -0.39 is 6.04 Å². The fraction of sp³-hybridized carbons (Fsp3) is 0.385. The Morgan fingerprint density at radius 3 is 2.95 bits per heavy atom. The second kappa shape index (κ2) is 6.92. The molecule has 5 nitrogen and oxygen atoms in total. The molecule has 0 bridgehead atoms. The number of carbonyl (C=O) groups excluding carboxylic acids is 2. The standard InChI is InChI=1S/C13H14Cl2N2O3/c14-9-2-1-8(10(15)5-9)3-4-16-13(19)11-6-20-7-12(18)17-11/h1-2,5,11H,3-4,6-7H2,(H,16,19)(H,17,18). The van der Waals surface area contributed by atoms with Crippen molar-refractivity contribution in [3.63, 3.8) is 0 Å². The van der Waals surface area contributed by atoms with Crippen molar-refractivity contribution in [1.29, 1.82) is 0 Å². The van der Waals surface area contributed by atoms with Crippen LogP contribution in [0.4, 0.5) is 0 Å². The molecule has 1 fully saturated rings. The molecule has 0 aromatic heterocycles. The van der Waals surface area contributed by atoms with E-state index in [2.05, 4.69) is 10.6 Å². The first kappa shape index (κ1) is 15.1. The summed E-state index contributed by atoms with van der Waals surface area (Å²) in [6.45, 7) is 0.621. The van der Waals surface area contributed by atoms with Gasteiger partial charge in [0.05, 0.1) is 6.61 Å². The maximum absolute atomic E-state index is 11.8. The van der Waals surface area contributed by atoms with Crippen LogP contribution in [0.5, 0.6) is 0 Å². The van der Waals surface area contributed by atoms with Gasteiger partial charge in [-0.05, 0) is 24.1 Å². The maximum Gasteiger partial charge on any atom is 0.246 e. The quantitative estimate of drug-likeness (QED) is 0.876. The predicted molar refractivity (Wildman–Crippen MR) is 75.9 cm³/mol. The van der Waals surface area contributed by atoms with Gasteiger partial charge in [0.2, 0.25) is 11.8 Å². The van der Waals surface area contributed by atoms with E-state index in [9.17, 15) is 9.59 Å². The Morgan fingerprint density at radius 1 is 1.45 bits per heavy atom. The molecule has 20 heavy (non-hydrogen) atoms. The first-order chi connectivity index (χ1) is 9.56. The first-order valence-electron chi connectivity index (χ1n) is 6.15. The number of nitrogens with one attached hydrogen (secondary N) is 2. The van der Waals surface area contributed by atoms with E-state index >= 15 is 0 Å². The molecule has 2 rings (SSSR count). The van der Waals surface area contributed by atoms with Crippen LogP contribution in [-0.4, -0.2) is 37.6 Å². The number of halogens is 2. The van der Waals surface area contributed by atoms with Crippen LogP contribution in [-0.2, 0) is 20.7 Å². The number of hydrogen-bond acceptors (Lipinski definition) is 3. The maximum atomic E-state index is 11.8. The summed E-state index contributed by atoms with van der Waals surface area (Å²) in [6.07, 6.45) is 0.587. The lowest BCUT2D eigenvalue weighted by atomic mass is 10.1. The van der Waals surface area contributed by atoms with Crippen LogP contribution in [0.1, 0.15) is 5.56 Å². The van der Waals surface area contributed by atoms with Crippen LogP contribution in [0.25, 0.3) is 0 Å². The molecule has 108 valence electrons. The molecule has 1 aliphatic heterocycles. The Morgan fingerprint density at radius 2 is 2.25 bits per heavy atom. The van der Waals surface area contributed by atoms with E-state index in [-0.39, 0.29) is 25.0 Å². The summed E-state index contributed by atoms with van der Waals surface area (Å²) in [6, 6.07) is 4.61. The fourth-order valence-electron chi connectivity index (χ4n) is 1.86. The molecule has 0 radical (unpaired) electrons. The van der Waals surface area contributed by atoms with Gasteiger partial charge in [-0.3, -0.25) is 9.59 Å². The van der Waals surface area contributed by atoms with Gasteiger partial charge in [-0.2, -0.15) is 0 Å². The van der Waals surface area contributed by atoms with Gasteiger partial charge in [0.25, 0.3) is 0 Å². The molecule has 7 heteroatoms. The molecule has 1 aromatic rings. The molecular weight excluding hydrogens is 303 g/mol. The van der Waals surface area contributed by atoms with Crippen molar-refractivity contribution in [2.24, 2.45) is 0 Å². The highest BCUT2D eigenvalue weighted by Gasteiger charge is 2.24. The lowest BCUT2D eigenvalue weighted by Crippen LogP contribution is -2.54. The highest BCUT2D eigenvalue weighted by atomic mass is 35.5. The van der Waals surface area contributed by atoms with Crippen molar-refractivity contribution in [1.82, 2.24) is 10.6 Å². The number of hydrogen-bond donors (Lipinski definition) is 2. The predicted octanol–water partition coefficient (Wildman–Crippen LogP) is 1.17. The van der Waals surface area contributed by atoms with Gasteiger partial charge in [0.15, 0.2) is 0 Å². The minimum absolute atomic E-state index is 0.00413. The van der Waals surface area contributed by atoms with Crippen LogP contribution in [0.3, 0.4) is 0 Å². The Balaban J connectivity index is 1.80. The number of carbonyl (C=O) groups is 2. The Labute approximate surface area is 126 Å². The van der Waals surface area contributed by atoms with Gasteiger partial charge in [-0.1, -0.05) is 29.3 Å². The molecule has 1 atom stereocenters. The zero-order chi connectivity index (χ0) is 14.5. The van der Waals surface area contributed by atoms with Crippen molar-refractivity contribution in [2.75, 3.05) is 19.8 Å². The van der Waals surface area contributed by atoms with E-state index in [0.717, 1.165) is 5.56 Å². The van der Waals surface area contributed by atoms with Crippen molar-refractivity contribution in [3.05, 3.63) is 33.8 Å². The smallest absolute Gasteiger partial charge is 0.246 e. The molecular formula is C13H14Cl2N2O3. The summed E-state index contributed by atoms with van der Waals surface area (Å²) in [5.74, 6) is -0.541. The molecule has 1 unspecified atom stereocenters. The molecule has 1 heterocycles. The summed E-state index contributed by atoms with van der Waals surface area (Å²) in [5, 5.41) is 6.45. The van der Waals surface area contributed by atoms with Crippen molar-refractivity contribution in [3.8, 4) is 0 Å². The first-order valence-corrected chi connectivity index (χ1v) is 6.90. The largest absolute Gasteiger partial charge is 0.369 e. The number of rotatable bonds is 4. The van der Waals surface area contributed by atoms with Crippen LogP contribution < -0.4 is 10.6 Å². The third-order valence-corrected chi connectivity index (χ3v) is 3.47. The Hall–Kier alpha value is -1.30. The van der Waals surface area contributed by atoms with Crippen molar-refractivity contribution < 1.29 is 14.3 Å². The molecule has 0 spiro atoms. The SMILES string of the molecule is O=C1COCC(C(=O)NCCc2ccc(Cl)cc2Cl)N1. The fourth-order valence-corrected chi connectivity index (χ4v) is 2.36. The average molecular weight is 317 g/mol. The molecule has 2 N–H and O–H groups in total. The summed E-state index contributed by atoms with van der Waals surface area (Å²) in [4.78, 5) is 22.9. The molecule has 0 saturated carbocycles. The normalized spacial score (nSPS) is 18.5. The van der Waals surface area contributed by atoms with Gasteiger partial charge in [0.1, 0.15) is 12.6 Å². The van der Waals surface area contributed by atoms with E-state index in [4.69, 9.17) is 27.9 Å². The monoisotopic (exact) mass is 316 g/mol. The van der Waals surface area contributed by atoms with Gasteiger partial charge >= 0.3 is 0 Å². The Bertz CT molecular complexity index is 522. The summed E-state index contributed by atoms with van der Waals surface area (Å²) >= 11 is 11.8. The lowest BCUT2D eigenvalue weighted by molar-refractivity contribution is -0.138. The third-order valence-electron chi connectivity index (χ3n) is 2.88. The van der Waals surface area contributed by atoms with Crippen LogP contribution in [0, 0.1) is 0 Å². The summed E-state index contributed by atoms with van der Waals surface area (Å²) in [5.41, 5.74) is 0.903. The molecule has 2 amide bonds. The topological polar surface area (TPSA) is 67.4 Å². The lowest BCUT2D eigenvalue weighted by Gasteiger charge is -2.22. The molecule has 1 saturated heterocycles. The van der Waals surface area contributed by atoms with Crippen molar-refractivity contribution >= 4 is 35.0 Å². The van der Waals surface area contributed by atoms with E-state index in [1.54, 1.807) is 12.1 Å². The zero-order valence-corrected chi connectivity index (χ0v) is 12.1. The number of ether oxygens (including phenoxy) is 1. The number of amides is 2. The van der Waals surface area contributed by atoms with Crippen molar-refractivity contribution in [2.45, 2.75) is 12.5 Å². The second-order valence-corrected chi connectivity index (χ2v) is 5.26. The third kappa shape index (κ3) is 4.10. The zero-order valence-electron chi connectivity index (χ0n) is 10.6. The van der Waals surface area contributed by atoms with E-state index in [1.165, 1.54) is 0 Å². The van der Waals surface area contributed by atoms with Gasteiger partial charge in [-0.15, -0.1) is 0 Å². The second-order valence-electron chi connectivity index (χ2n) is 4.41. The van der Waals surface area contributed by atoms with Crippen LogP contribution >= 0.6 is 23.2 Å². The van der Waals surface area contributed by atoms with E-state index in [0.29, 0.717) is 23.0 Å². The van der Waals surface area contributed by atoms with Gasteiger partial charge in [-0.25, -0.2) is 0 Å². The van der Waals surface area contributed by atoms with Gasteiger partial charge in [0, 0.05) is 16.6 Å².